The Morgan fingerprint density at radius 2 is 1.56 bits per heavy atom. The summed E-state index contributed by atoms with van der Waals surface area (Å²) in [7, 11) is 0. The number of Topliss-reactive ketones (excluding diaryl/α,β-unsaturated/α-hetero) is 1. The number of carbonyl (C=O) groups is 2. The number of aliphatic hydroxyl groups excluding tert-OH is 1. The highest BCUT2D eigenvalue weighted by Gasteiger charge is 2.45. The zero-order valence-corrected chi connectivity index (χ0v) is 20.2. The minimum absolute atomic E-state index is 0.00538. The molecule has 1 amide bonds. The molecule has 0 spiro atoms. The quantitative estimate of drug-likeness (QED) is 0.292. The Balaban J connectivity index is 2.01. The van der Waals surface area contributed by atoms with Crippen LogP contribution in [0, 0.1) is 0 Å². The van der Waals surface area contributed by atoms with E-state index in [-0.39, 0.29) is 30.6 Å². The van der Waals surface area contributed by atoms with Crippen LogP contribution < -0.4 is 9.47 Å². The van der Waals surface area contributed by atoms with E-state index in [4.69, 9.17) is 14.2 Å². The predicted octanol–water partition coefficient (Wildman–Crippen LogP) is 4.72. The minimum atomic E-state index is -0.734. The largest absolute Gasteiger partial charge is 0.507 e. The SMILES string of the molecule is CCCOc1ccc(/C(O)=C2/C(=O)C(=O)N(CCOC(C)C)C2c2ccc(OCC)cc2)cc1. The molecule has 0 aromatic heterocycles. The molecule has 1 saturated heterocycles. The van der Waals surface area contributed by atoms with Gasteiger partial charge in [0.05, 0.1) is 37.5 Å². The number of rotatable bonds is 11. The molecule has 0 saturated carbocycles. The molecule has 7 heteroatoms. The van der Waals surface area contributed by atoms with E-state index in [1.165, 1.54) is 4.90 Å². The van der Waals surface area contributed by atoms with E-state index in [1.54, 1.807) is 36.4 Å². The van der Waals surface area contributed by atoms with Gasteiger partial charge in [-0.3, -0.25) is 9.59 Å². The molecule has 3 rings (SSSR count). The topological polar surface area (TPSA) is 85.3 Å². The molecule has 2 aromatic carbocycles. The van der Waals surface area contributed by atoms with E-state index < -0.39 is 17.7 Å². The van der Waals surface area contributed by atoms with Crippen molar-refractivity contribution in [1.82, 2.24) is 4.90 Å². The molecule has 2 aromatic rings. The average Bonchev–Trinajstić information content (AvgIpc) is 3.08. The molecule has 1 N–H and O–H groups in total. The van der Waals surface area contributed by atoms with Crippen molar-refractivity contribution in [3.63, 3.8) is 0 Å². The van der Waals surface area contributed by atoms with Gasteiger partial charge in [0.2, 0.25) is 0 Å². The number of hydrogen-bond donors (Lipinski definition) is 1. The highest BCUT2D eigenvalue weighted by molar-refractivity contribution is 6.46. The number of nitrogens with zero attached hydrogens (tertiary/aromatic N) is 1. The van der Waals surface area contributed by atoms with Gasteiger partial charge in [-0.1, -0.05) is 19.1 Å². The maximum absolute atomic E-state index is 13.1. The van der Waals surface area contributed by atoms with Crippen LogP contribution in [0.2, 0.25) is 0 Å². The van der Waals surface area contributed by atoms with Crippen molar-refractivity contribution in [3.05, 3.63) is 65.2 Å². The molecule has 1 unspecified atom stereocenters. The molecule has 1 atom stereocenters. The fourth-order valence-electron chi connectivity index (χ4n) is 3.84. The van der Waals surface area contributed by atoms with Crippen LogP contribution in [-0.2, 0) is 14.3 Å². The third-order valence-corrected chi connectivity index (χ3v) is 5.43. The Kier molecular flexibility index (Phi) is 8.71. The van der Waals surface area contributed by atoms with Gasteiger partial charge in [-0.2, -0.15) is 0 Å². The summed E-state index contributed by atoms with van der Waals surface area (Å²) < 4.78 is 16.8. The van der Waals surface area contributed by atoms with Gasteiger partial charge in [0.1, 0.15) is 17.3 Å². The van der Waals surface area contributed by atoms with Crippen molar-refractivity contribution in [3.8, 4) is 11.5 Å². The van der Waals surface area contributed by atoms with Crippen LogP contribution in [0.25, 0.3) is 5.76 Å². The van der Waals surface area contributed by atoms with E-state index >= 15 is 0 Å². The monoisotopic (exact) mass is 467 g/mol. The van der Waals surface area contributed by atoms with E-state index in [9.17, 15) is 14.7 Å². The summed E-state index contributed by atoms with van der Waals surface area (Å²) in [4.78, 5) is 27.5. The van der Waals surface area contributed by atoms with E-state index in [0.29, 0.717) is 35.8 Å². The highest BCUT2D eigenvalue weighted by Crippen LogP contribution is 2.39. The van der Waals surface area contributed by atoms with Crippen molar-refractivity contribution in [2.24, 2.45) is 0 Å². The highest BCUT2D eigenvalue weighted by atomic mass is 16.5. The third kappa shape index (κ3) is 5.78. The fraction of sp³-hybridized carbons (Fsp3) is 0.407. The second-order valence-electron chi connectivity index (χ2n) is 8.29. The summed E-state index contributed by atoms with van der Waals surface area (Å²) in [5.41, 5.74) is 1.20. The van der Waals surface area contributed by atoms with Crippen molar-refractivity contribution in [2.45, 2.75) is 46.3 Å². The molecule has 1 heterocycles. The zero-order chi connectivity index (χ0) is 24.7. The van der Waals surface area contributed by atoms with Crippen LogP contribution in [0.4, 0.5) is 0 Å². The molecule has 7 nitrogen and oxygen atoms in total. The first-order chi connectivity index (χ1) is 16.4. The van der Waals surface area contributed by atoms with Gasteiger partial charge in [0, 0.05) is 12.1 Å². The van der Waals surface area contributed by atoms with E-state index in [0.717, 1.165) is 6.42 Å². The maximum Gasteiger partial charge on any atom is 0.295 e. The standard InChI is InChI=1S/C27H33NO6/c1-5-16-34-22-13-9-20(10-14-22)25(29)23-24(19-7-11-21(12-8-19)32-6-2)28(27(31)26(23)30)15-17-33-18(3)4/h7-14,18,24,29H,5-6,15-17H2,1-4H3/b25-23-. The minimum Gasteiger partial charge on any atom is -0.507 e. The number of benzene rings is 2. The maximum atomic E-state index is 13.1. The smallest absolute Gasteiger partial charge is 0.295 e. The lowest BCUT2D eigenvalue weighted by Gasteiger charge is -2.25. The number of hydrogen-bond acceptors (Lipinski definition) is 6. The molecule has 0 aliphatic carbocycles. The second-order valence-corrected chi connectivity index (χ2v) is 8.29. The average molecular weight is 468 g/mol. The molecule has 182 valence electrons. The lowest BCUT2D eigenvalue weighted by atomic mass is 9.95. The normalized spacial score (nSPS) is 17.4. The Hall–Kier alpha value is -3.32. The Morgan fingerprint density at radius 3 is 2.15 bits per heavy atom. The second kappa shape index (κ2) is 11.7. The number of ether oxygens (including phenoxy) is 3. The number of carbonyl (C=O) groups excluding carboxylic acids is 2. The fourth-order valence-corrected chi connectivity index (χ4v) is 3.84. The van der Waals surface area contributed by atoms with Crippen LogP contribution in [0.15, 0.2) is 54.1 Å². The summed E-state index contributed by atoms with van der Waals surface area (Å²) in [5, 5.41) is 11.2. The lowest BCUT2D eigenvalue weighted by molar-refractivity contribution is -0.140. The number of ketones is 1. The Bertz CT molecular complexity index is 1010. The van der Waals surface area contributed by atoms with Gasteiger partial charge in [0.15, 0.2) is 0 Å². The van der Waals surface area contributed by atoms with Gasteiger partial charge in [0.25, 0.3) is 11.7 Å². The van der Waals surface area contributed by atoms with E-state index in [1.807, 2.05) is 39.8 Å². The van der Waals surface area contributed by atoms with Gasteiger partial charge in [-0.25, -0.2) is 0 Å². The van der Waals surface area contributed by atoms with Gasteiger partial charge >= 0.3 is 0 Å². The Morgan fingerprint density at radius 1 is 0.941 bits per heavy atom. The summed E-state index contributed by atoms with van der Waals surface area (Å²) in [6, 6.07) is 13.3. The van der Waals surface area contributed by atoms with Crippen molar-refractivity contribution in [1.29, 1.82) is 0 Å². The molecule has 0 radical (unpaired) electrons. The first-order valence-electron chi connectivity index (χ1n) is 11.7. The summed E-state index contributed by atoms with van der Waals surface area (Å²) >= 11 is 0. The molecule has 1 aliphatic heterocycles. The van der Waals surface area contributed by atoms with Crippen LogP contribution >= 0.6 is 0 Å². The zero-order valence-electron chi connectivity index (χ0n) is 20.2. The van der Waals surface area contributed by atoms with Crippen molar-refractivity contribution < 1.29 is 28.9 Å². The Labute approximate surface area is 200 Å². The molecular formula is C27H33NO6. The first kappa shape index (κ1) is 25.3. The molecule has 0 bridgehead atoms. The molecule has 34 heavy (non-hydrogen) atoms. The molecule has 1 fully saturated rings. The summed E-state index contributed by atoms with van der Waals surface area (Å²) in [6.07, 6.45) is 0.877. The van der Waals surface area contributed by atoms with Crippen LogP contribution in [-0.4, -0.2) is 54.2 Å². The first-order valence-corrected chi connectivity index (χ1v) is 11.7. The van der Waals surface area contributed by atoms with Gasteiger partial charge < -0.3 is 24.2 Å². The molecular weight excluding hydrogens is 434 g/mol. The predicted molar refractivity (Wildman–Crippen MR) is 130 cm³/mol. The number of amides is 1. The number of likely N-dealkylation sites (tertiary alicyclic amines) is 1. The van der Waals surface area contributed by atoms with Gasteiger partial charge in [-0.05, 0) is 69.2 Å². The van der Waals surface area contributed by atoms with Crippen LogP contribution in [0.5, 0.6) is 11.5 Å². The van der Waals surface area contributed by atoms with E-state index in [2.05, 4.69) is 0 Å². The van der Waals surface area contributed by atoms with Gasteiger partial charge in [-0.15, -0.1) is 0 Å². The summed E-state index contributed by atoms with van der Waals surface area (Å²) in [5.74, 6) is -0.226. The molecule has 1 aliphatic rings. The van der Waals surface area contributed by atoms with Crippen LogP contribution in [0.1, 0.15) is 51.3 Å². The lowest BCUT2D eigenvalue weighted by Crippen LogP contribution is -2.33. The summed E-state index contributed by atoms with van der Waals surface area (Å²) in [6.45, 7) is 9.36. The number of aliphatic hydroxyl groups is 1. The van der Waals surface area contributed by atoms with Crippen molar-refractivity contribution >= 4 is 17.4 Å². The van der Waals surface area contributed by atoms with Crippen LogP contribution in [0.3, 0.4) is 0 Å². The van der Waals surface area contributed by atoms with Crippen molar-refractivity contribution in [2.75, 3.05) is 26.4 Å². The third-order valence-electron chi connectivity index (χ3n) is 5.43.